The van der Waals surface area contributed by atoms with Crippen LogP contribution in [-0.4, -0.2) is 13.2 Å². The van der Waals surface area contributed by atoms with Crippen molar-refractivity contribution in [3.8, 4) is 5.75 Å². The molecule has 3 nitrogen and oxygen atoms in total. The number of halogens is 1. The Bertz CT molecular complexity index is 584. The number of nitrogens with one attached hydrogen (secondary N) is 1. The highest BCUT2D eigenvalue weighted by atomic mass is 79.9. The van der Waals surface area contributed by atoms with Crippen molar-refractivity contribution in [1.82, 2.24) is 5.43 Å². The minimum atomic E-state index is 0.163. The van der Waals surface area contributed by atoms with Crippen molar-refractivity contribution >= 4 is 15.9 Å². The fourth-order valence-electron chi connectivity index (χ4n) is 2.37. The highest BCUT2D eigenvalue weighted by Crippen LogP contribution is 2.24. The molecule has 2 aromatic rings. The van der Waals surface area contributed by atoms with Crippen LogP contribution in [0, 0.1) is 6.92 Å². The van der Waals surface area contributed by atoms with Crippen LogP contribution in [0.1, 0.15) is 16.7 Å². The summed E-state index contributed by atoms with van der Waals surface area (Å²) in [6.07, 6.45) is 1.69. The molecule has 112 valence electrons. The number of hydrogen-bond donors (Lipinski definition) is 2. The molecule has 0 aliphatic rings. The highest BCUT2D eigenvalue weighted by Gasteiger charge is 2.12. The lowest BCUT2D eigenvalue weighted by atomic mass is 9.98. The van der Waals surface area contributed by atoms with Gasteiger partial charge in [0.25, 0.3) is 0 Å². The lowest BCUT2D eigenvalue weighted by molar-refractivity contribution is 0.404. The van der Waals surface area contributed by atoms with Gasteiger partial charge < -0.3 is 4.74 Å². The van der Waals surface area contributed by atoms with Gasteiger partial charge in [-0.05, 0) is 49.1 Å². The molecule has 0 aliphatic heterocycles. The number of aryl methyl sites for hydroxylation is 1. The predicted octanol–water partition coefficient (Wildman–Crippen LogP) is 3.38. The average Bonchev–Trinajstić information content (AvgIpc) is 2.49. The third kappa shape index (κ3) is 4.56. The van der Waals surface area contributed by atoms with Crippen molar-refractivity contribution in [3.63, 3.8) is 0 Å². The van der Waals surface area contributed by atoms with Crippen LogP contribution in [0.15, 0.2) is 46.9 Å². The maximum Gasteiger partial charge on any atom is 0.122 e. The van der Waals surface area contributed by atoms with Gasteiger partial charge in [0.1, 0.15) is 5.75 Å². The van der Waals surface area contributed by atoms with Gasteiger partial charge in [-0.25, -0.2) is 0 Å². The molecule has 2 rings (SSSR count). The van der Waals surface area contributed by atoms with E-state index in [0.717, 1.165) is 28.6 Å². The Labute approximate surface area is 134 Å². The molecule has 0 saturated carbocycles. The molecule has 0 saturated heterocycles. The topological polar surface area (TPSA) is 47.3 Å². The lowest BCUT2D eigenvalue weighted by Gasteiger charge is -2.18. The molecule has 0 spiro atoms. The molecule has 1 atom stereocenters. The average molecular weight is 349 g/mol. The summed E-state index contributed by atoms with van der Waals surface area (Å²) in [4.78, 5) is 0. The minimum absolute atomic E-state index is 0.163. The Kier molecular flexibility index (Phi) is 5.79. The molecule has 0 radical (unpaired) electrons. The molecule has 4 heteroatoms. The van der Waals surface area contributed by atoms with Gasteiger partial charge in [0.15, 0.2) is 0 Å². The van der Waals surface area contributed by atoms with Crippen LogP contribution in [0.5, 0.6) is 5.75 Å². The van der Waals surface area contributed by atoms with Gasteiger partial charge in [0.2, 0.25) is 0 Å². The van der Waals surface area contributed by atoms with Crippen LogP contribution in [0.3, 0.4) is 0 Å². The third-order valence-electron chi connectivity index (χ3n) is 3.55. The maximum absolute atomic E-state index is 5.73. The van der Waals surface area contributed by atoms with Crippen LogP contribution in [0.25, 0.3) is 0 Å². The number of ether oxygens (including phenoxy) is 1. The van der Waals surface area contributed by atoms with E-state index in [-0.39, 0.29) is 6.04 Å². The number of hydrogen-bond acceptors (Lipinski definition) is 3. The Morgan fingerprint density at radius 3 is 2.48 bits per heavy atom. The monoisotopic (exact) mass is 348 g/mol. The van der Waals surface area contributed by atoms with Gasteiger partial charge >= 0.3 is 0 Å². The molecule has 0 aromatic heterocycles. The largest absolute Gasteiger partial charge is 0.496 e. The van der Waals surface area contributed by atoms with E-state index in [1.165, 1.54) is 11.1 Å². The summed E-state index contributed by atoms with van der Waals surface area (Å²) in [6.45, 7) is 2.09. The van der Waals surface area contributed by atoms with Gasteiger partial charge in [0, 0.05) is 10.5 Å². The lowest BCUT2D eigenvalue weighted by Crippen LogP contribution is -2.38. The summed E-state index contributed by atoms with van der Waals surface area (Å²) in [5.41, 5.74) is 6.60. The third-order valence-corrected chi connectivity index (χ3v) is 4.04. The van der Waals surface area contributed by atoms with Gasteiger partial charge in [-0.15, -0.1) is 0 Å². The molecule has 2 aromatic carbocycles. The van der Waals surface area contributed by atoms with Crippen molar-refractivity contribution in [2.75, 3.05) is 7.11 Å². The van der Waals surface area contributed by atoms with E-state index in [4.69, 9.17) is 10.6 Å². The minimum Gasteiger partial charge on any atom is -0.496 e. The quantitative estimate of drug-likeness (QED) is 0.621. The van der Waals surface area contributed by atoms with Crippen LogP contribution in [0.2, 0.25) is 0 Å². The number of rotatable bonds is 6. The van der Waals surface area contributed by atoms with E-state index in [0.29, 0.717) is 0 Å². The summed E-state index contributed by atoms with van der Waals surface area (Å²) in [7, 11) is 1.69. The van der Waals surface area contributed by atoms with E-state index in [2.05, 4.69) is 58.6 Å². The van der Waals surface area contributed by atoms with Crippen LogP contribution in [-0.2, 0) is 12.8 Å². The fraction of sp³-hybridized carbons (Fsp3) is 0.294. The smallest absolute Gasteiger partial charge is 0.122 e. The zero-order chi connectivity index (χ0) is 15.2. The highest BCUT2D eigenvalue weighted by molar-refractivity contribution is 9.10. The van der Waals surface area contributed by atoms with Crippen molar-refractivity contribution in [1.29, 1.82) is 0 Å². The zero-order valence-electron chi connectivity index (χ0n) is 12.4. The normalized spacial score (nSPS) is 12.2. The number of methoxy groups -OCH3 is 1. The van der Waals surface area contributed by atoms with Crippen LogP contribution >= 0.6 is 15.9 Å². The Hall–Kier alpha value is -1.36. The second kappa shape index (κ2) is 7.59. The second-order valence-electron chi connectivity index (χ2n) is 5.21. The predicted molar refractivity (Wildman–Crippen MR) is 90.4 cm³/mol. The SMILES string of the molecule is COc1ccc(Br)cc1CC(Cc1ccc(C)cc1)NN. The van der Waals surface area contributed by atoms with Gasteiger partial charge in [-0.2, -0.15) is 0 Å². The first-order chi connectivity index (χ1) is 10.1. The molecule has 0 amide bonds. The van der Waals surface area contributed by atoms with E-state index in [1.807, 2.05) is 12.1 Å². The van der Waals surface area contributed by atoms with E-state index in [9.17, 15) is 0 Å². The van der Waals surface area contributed by atoms with Crippen molar-refractivity contribution in [3.05, 3.63) is 63.6 Å². The van der Waals surface area contributed by atoms with E-state index < -0.39 is 0 Å². The van der Waals surface area contributed by atoms with Gasteiger partial charge in [0.05, 0.1) is 7.11 Å². The number of benzene rings is 2. The van der Waals surface area contributed by atoms with Crippen molar-refractivity contribution in [2.45, 2.75) is 25.8 Å². The number of hydrazine groups is 1. The summed E-state index contributed by atoms with van der Waals surface area (Å²) in [5, 5.41) is 0. The number of nitrogens with two attached hydrogens (primary N) is 1. The van der Waals surface area contributed by atoms with Crippen LogP contribution < -0.4 is 16.0 Å². The molecule has 3 N–H and O–H groups in total. The standard InChI is InChI=1S/C17H21BrN2O/c1-12-3-5-13(6-4-12)9-16(20-19)11-14-10-15(18)7-8-17(14)21-2/h3-8,10,16,20H,9,11,19H2,1-2H3. The Morgan fingerprint density at radius 1 is 1.14 bits per heavy atom. The summed E-state index contributed by atoms with van der Waals surface area (Å²) >= 11 is 3.50. The maximum atomic E-state index is 5.73. The molecule has 21 heavy (non-hydrogen) atoms. The first kappa shape index (κ1) is 16.0. The van der Waals surface area contributed by atoms with Gasteiger partial charge in [-0.3, -0.25) is 11.3 Å². The molecular formula is C17H21BrN2O. The molecular weight excluding hydrogens is 328 g/mol. The van der Waals surface area contributed by atoms with Crippen LogP contribution in [0.4, 0.5) is 0 Å². The molecule has 0 aliphatic carbocycles. The molecule has 0 bridgehead atoms. The van der Waals surface area contributed by atoms with E-state index >= 15 is 0 Å². The summed E-state index contributed by atoms with van der Waals surface area (Å²) in [5.74, 6) is 6.62. The molecule has 0 heterocycles. The second-order valence-corrected chi connectivity index (χ2v) is 6.13. The van der Waals surface area contributed by atoms with Crippen molar-refractivity contribution in [2.24, 2.45) is 5.84 Å². The zero-order valence-corrected chi connectivity index (χ0v) is 14.0. The Balaban J connectivity index is 2.11. The Morgan fingerprint density at radius 2 is 1.86 bits per heavy atom. The molecule has 1 unspecified atom stereocenters. The first-order valence-corrected chi connectivity index (χ1v) is 7.75. The molecule has 0 fully saturated rings. The summed E-state index contributed by atoms with van der Waals surface area (Å²) in [6, 6.07) is 14.8. The van der Waals surface area contributed by atoms with E-state index in [1.54, 1.807) is 7.11 Å². The van der Waals surface area contributed by atoms with Gasteiger partial charge in [-0.1, -0.05) is 45.8 Å². The summed E-state index contributed by atoms with van der Waals surface area (Å²) < 4.78 is 6.47. The van der Waals surface area contributed by atoms with Crippen molar-refractivity contribution < 1.29 is 4.74 Å². The fourth-order valence-corrected chi connectivity index (χ4v) is 2.78. The first-order valence-electron chi connectivity index (χ1n) is 6.96.